The van der Waals surface area contributed by atoms with Crippen LogP contribution in [0.2, 0.25) is 5.02 Å². The highest BCUT2D eigenvalue weighted by molar-refractivity contribution is 6.31. The quantitative estimate of drug-likeness (QED) is 0.927. The number of hydrogen-bond donors (Lipinski definition) is 1. The number of anilines is 1. The lowest BCUT2D eigenvalue weighted by Crippen LogP contribution is -2.45. The van der Waals surface area contributed by atoms with Gasteiger partial charge in [-0.25, -0.2) is 4.98 Å². The fourth-order valence-electron chi connectivity index (χ4n) is 3.11. The average molecular weight is 349 g/mol. The fourth-order valence-corrected chi connectivity index (χ4v) is 3.28. The molecule has 24 heavy (non-hydrogen) atoms. The van der Waals surface area contributed by atoms with Gasteiger partial charge in [0.05, 0.1) is 11.0 Å². The van der Waals surface area contributed by atoms with Crippen LogP contribution in [0.4, 0.5) is 5.95 Å². The van der Waals surface area contributed by atoms with E-state index in [0.29, 0.717) is 23.9 Å². The largest absolute Gasteiger partial charge is 0.330 e. The number of hydrogen-bond acceptors (Lipinski definition) is 3. The van der Waals surface area contributed by atoms with Gasteiger partial charge < -0.3 is 9.47 Å². The van der Waals surface area contributed by atoms with Gasteiger partial charge in [0.25, 0.3) is 0 Å². The Kier molecular flexibility index (Phi) is 4.49. The second-order valence-electron chi connectivity index (χ2n) is 6.46. The van der Waals surface area contributed by atoms with Crippen LogP contribution < -0.4 is 5.32 Å². The molecule has 6 nitrogen and oxygen atoms in total. The van der Waals surface area contributed by atoms with E-state index >= 15 is 0 Å². The SMILES string of the molecule is CC(C)C(=O)N1CCC[C@@H]1C(=O)Nc1nc2cc(Cl)ccc2n1C. The molecule has 1 atom stereocenters. The lowest BCUT2D eigenvalue weighted by Gasteiger charge is -2.25. The van der Waals surface area contributed by atoms with Gasteiger partial charge in [-0.15, -0.1) is 0 Å². The smallest absolute Gasteiger partial charge is 0.249 e. The van der Waals surface area contributed by atoms with Crippen molar-refractivity contribution >= 4 is 40.4 Å². The minimum absolute atomic E-state index is 0.0180. The molecule has 1 aromatic heterocycles. The Hall–Kier alpha value is -2.08. The number of likely N-dealkylation sites (tertiary alicyclic amines) is 1. The van der Waals surface area contributed by atoms with Gasteiger partial charge in [0, 0.05) is 24.5 Å². The number of aryl methyl sites for hydroxylation is 1. The Morgan fingerprint density at radius 3 is 2.83 bits per heavy atom. The van der Waals surface area contributed by atoms with Crippen molar-refractivity contribution in [1.29, 1.82) is 0 Å². The highest BCUT2D eigenvalue weighted by Crippen LogP contribution is 2.24. The molecule has 1 aromatic carbocycles. The van der Waals surface area contributed by atoms with Gasteiger partial charge in [-0.3, -0.25) is 14.9 Å². The number of carbonyl (C=O) groups is 2. The van der Waals surface area contributed by atoms with Crippen molar-refractivity contribution in [2.75, 3.05) is 11.9 Å². The Morgan fingerprint density at radius 1 is 1.38 bits per heavy atom. The standard InChI is InChI=1S/C17H21ClN4O2/c1-10(2)16(24)22-8-4-5-14(22)15(23)20-17-19-12-9-11(18)6-7-13(12)21(17)3/h6-7,9-10,14H,4-5,8H2,1-3H3,(H,19,20,23)/t14-/m1/s1. The Bertz CT molecular complexity index is 799. The van der Waals surface area contributed by atoms with Crippen molar-refractivity contribution in [3.05, 3.63) is 23.2 Å². The molecule has 2 amide bonds. The van der Waals surface area contributed by atoms with Crippen LogP contribution in [-0.4, -0.2) is 38.9 Å². The summed E-state index contributed by atoms with van der Waals surface area (Å²) in [6.07, 6.45) is 1.52. The molecule has 3 rings (SSSR count). The first-order valence-corrected chi connectivity index (χ1v) is 8.49. The number of halogens is 1. The molecule has 7 heteroatoms. The zero-order valence-corrected chi connectivity index (χ0v) is 14.8. The number of rotatable bonds is 3. The molecule has 1 aliphatic rings. The van der Waals surface area contributed by atoms with E-state index in [4.69, 9.17) is 11.6 Å². The van der Waals surface area contributed by atoms with Crippen LogP contribution in [0, 0.1) is 5.92 Å². The maximum absolute atomic E-state index is 12.7. The van der Waals surface area contributed by atoms with E-state index in [1.165, 1.54) is 0 Å². The molecular weight excluding hydrogens is 328 g/mol. The van der Waals surface area contributed by atoms with Crippen LogP contribution in [0.5, 0.6) is 0 Å². The number of amides is 2. The first-order chi connectivity index (χ1) is 11.4. The first-order valence-electron chi connectivity index (χ1n) is 8.12. The number of aromatic nitrogens is 2. The number of nitrogens with one attached hydrogen (secondary N) is 1. The van der Waals surface area contributed by atoms with Crippen molar-refractivity contribution in [3.63, 3.8) is 0 Å². The van der Waals surface area contributed by atoms with Crippen LogP contribution in [0.3, 0.4) is 0 Å². The third-order valence-electron chi connectivity index (χ3n) is 4.41. The number of nitrogens with zero attached hydrogens (tertiary/aromatic N) is 3. The summed E-state index contributed by atoms with van der Waals surface area (Å²) >= 11 is 5.99. The summed E-state index contributed by atoms with van der Waals surface area (Å²) in [4.78, 5) is 31.0. The first kappa shape index (κ1) is 16.8. The van der Waals surface area contributed by atoms with E-state index in [1.54, 1.807) is 17.0 Å². The van der Waals surface area contributed by atoms with Crippen molar-refractivity contribution in [3.8, 4) is 0 Å². The minimum Gasteiger partial charge on any atom is -0.330 e. The van der Waals surface area contributed by atoms with E-state index in [1.807, 2.05) is 31.5 Å². The second-order valence-corrected chi connectivity index (χ2v) is 6.90. The third kappa shape index (κ3) is 2.98. The molecule has 1 fully saturated rings. The van der Waals surface area contributed by atoms with Gasteiger partial charge >= 0.3 is 0 Å². The summed E-state index contributed by atoms with van der Waals surface area (Å²) in [6.45, 7) is 4.34. The Balaban J connectivity index is 1.82. The summed E-state index contributed by atoms with van der Waals surface area (Å²) in [6, 6.07) is 4.99. The second kappa shape index (κ2) is 6.43. The minimum atomic E-state index is -0.427. The van der Waals surface area contributed by atoms with Crippen LogP contribution in [0.1, 0.15) is 26.7 Å². The molecule has 2 heterocycles. The van der Waals surface area contributed by atoms with Crippen molar-refractivity contribution in [2.45, 2.75) is 32.7 Å². The van der Waals surface area contributed by atoms with E-state index < -0.39 is 6.04 Å². The number of carbonyl (C=O) groups excluding carboxylic acids is 2. The van der Waals surface area contributed by atoms with E-state index in [0.717, 1.165) is 17.5 Å². The van der Waals surface area contributed by atoms with Crippen LogP contribution in [-0.2, 0) is 16.6 Å². The molecule has 1 saturated heterocycles. The maximum Gasteiger partial charge on any atom is 0.249 e. The number of imidazole rings is 1. The Labute approximate surface area is 145 Å². The molecule has 128 valence electrons. The lowest BCUT2D eigenvalue weighted by atomic mass is 10.1. The summed E-state index contributed by atoms with van der Waals surface area (Å²) in [5.41, 5.74) is 1.61. The number of fused-ring (bicyclic) bond motifs is 1. The maximum atomic E-state index is 12.7. The molecule has 0 spiro atoms. The molecule has 0 radical (unpaired) electrons. The molecule has 0 aliphatic carbocycles. The molecule has 2 aromatic rings. The lowest BCUT2D eigenvalue weighted by molar-refractivity contribution is -0.139. The van der Waals surface area contributed by atoms with E-state index in [9.17, 15) is 9.59 Å². The average Bonchev–Trinajstić information content (AvgIpc) is 3.12. The Morgan fingerprint density at radius 2 is 2.12 bits per heavy atom. The van der Waals surface area contributed by atoms with Crippen molar-refractivity contribution in [2.24, 2.45) is 13.0 Å². The summed E-state index contributed by atoms with van der Waals surface area (Å²) in [7, 11) is 1.84. The van der Waals surface area contributed by atoms with Gasteiger partial charge in [-0.05, 0) is 31.0 Å². The summed E-state index contributed by atoms with van der Waals surface area (Å²) in [5, 5.41) is 3.46. The van der Waals surface area contributed by atoms with Gasteiger partial charge in [0.2, 0.25) is 17.8 Å². The zero-order valence-electron chi connectivity index (χ0n) is 14.0. The molecular formula is C17H21ClN4O2. The van der Waals surface area contributed by atoms with Gasteiger partial charge in [-0.2, -0.15) is 0 Å². The highest BCUT2D eigenvalue weighted by atomic mass is 35.5. The normalized spacial score (nSPS) is 17.7. The highest BCUT2D eigenvalue weighted by Gasteiger charge is 2.35. The molecule has 1 N–H and O–H groups in total. The van der Waals surface area contributed by atoms with Crippen LogP contribution >= 0.6 is 11.6 Å². The summed E-state index contributed by atoms with van der Waals surface area (Å²) < 4.78 is 1.81. The van der Waals surface area contributed by atoms with Crippen molar-refractivity contribution < 1.29 is 9.59 Å². The monoisotopic (exact) mass is 348 g/mol. The predicted octanol–water partition coefficient (Wildman–Crippen LogP) is 2.81. The van der Waals surface area contributed by atoms with Crippen molar-refractivity contribution in [1.82, 2.24) is 14.5 Å². The summed E-state index contributed by atoms with van der Waals surface area (Å²) in [5.74, 6) is 0.174. The van der Waals surface area contributed by atoms with E-state index in [-0.39, 0.29) is 17.7 Å². The molecule has 0 unspecified atom stereocenters. The van der Waals surface area contributed by atoms with Gasteiger partial charge in [0.1, 0.15) is 6.04 Å². The topological polar surface area (TPSA) is 67.2 Å². The van der Waals surface area contributed by atoms with Gasteiger partial charge in [-0.1, -0.05) is 25.4 Å². The number of benzene rings is 1. The predicted molar refractivity (Wildman–Crippen MR) is 93.9 cm³/mol. The van der Waals surface area contributed by atoms with Crippen LogP contribution in [0.15, 0.2) is 18.2 Å². The third-order valence-corrected chi connectivity index (χ3v) is 4.65. The molecule has 0 saturated carbocycles. The van der Waals surface area contributed by atoms with Crippen LogP contribution in [0.25, 0.3) is 11.0 Å². The molecule has 0 bridgehead atoms. The fraction of sp³-hybridized carbons (Fsp3) is 0.471. The van der Waals surface area contributed by atoms with E-state index in [2.05, 4.69) is 10.3 Å². The van der Waals surface area contributed by atoms with Gasteiger partial charge in [0.15, 0.2) is 0 Å². The molecule has 1 aliphatic heterocycles. The zero-order chi connectivity index (χ0) is 17.4.